The van der Waals surface area contributed by atoms with Gasteiger partial charge in [0.15, 0.2) is 9.84 Å². The number of hydrogen-bond acceptors (Lipinski definition) is 5. The first-order chi connectivity index (χ1) is 12.0. The highest BCUT2D eigenvalue weighted by atomic mass is 32.2. The lowest BCUT2D eigenvalue weighted by atomic mass is 9.97. The second-order valence-electron chi connectivity index (χ2n) is 6.61. The molecule has 1 aliphatic rings. The van der Waals surface area contributed by atoms with Crippen molar-refractivity contribution in [2.75, 3.05) is 6.26 Å². The highest BCUT2D eigenvalue weighted by Gasteiger charge is 2.24. The maximum absolute atomic E-state index is 11.7. The van der Waals surface area contributed by atoms with Crippen LogP contribution in [0.1, 0.15) is 23.1 Å². The van der Waals surface area contributed by atoms with E-state index < -0.39 is 20.0 Å². The standard InChI is InChI=1S/C18H20O6S2/c1-12-3-8-18(26(21,22)23)14(9-12)10-15-6-4-13-5-7-16(25(2,19)20)11-17(13)24-15/h3,5,7-9,11,15H,4,6,10H2,1-2H3,(H,21,22,23). The van der Waals surface area contributed by atoms with E-state index in [0.29, 0.717) is 30.6 Å². The van der Waals surface area contributed by atoms with Gasteiger partial charge in [-0.3, -0.25) is 4.55 Å². The maximum Gasteiger partial charge on any atom is 0.294 e. The third-order valence-electron chi connectivity index (χ3n) is 4.44. The van der Waals surface area contributed by atoms with Crippen LogP contribution in [0.25, 0.3) is 0 Å². The predicted molar refractivity (Wildman–Crippen MR) is 97.0 cm³/mol. The molecule has 0 radical (unpaired) electrons. The average Bonchev–Trinajstić information content (AvgIpc) is 2.52. The van der Waals surface area contributed by atoms with Gasteiger partial charge < -0.3 is 4.74 Å². The van der Waals surface area contributed by atoms with Crippen molar-refractivity contribution in [3.8, 4) is 5.75 Å². The van der Waals surface area contributed by atoms with E-state index >= 15 is 0 Å². The van der Waals surface area contributed by atoms with Crippen LogP contribution >= 0.6 is 0 Å². The summed E-state index contributed by atoms with van der Waals surface area (Å²) in [6.45, 7) is 1.84. The lowest BCUT2D eigenvalue weighted by Gasteiger charge is -2.27. The zero-order valence-electron chi connectivity index (χ0n) is 14.5. The van der Waals surface area contributed by atoms with Gasteiger partial charge in [0.2, 0.25) is 0 Å². The first-order valence-electron chi connectivity index (χ1n) is 8.11. The molecule has 2 aromatic carbocycles. The monoisotopic (exact) mass is 396 g/mol. The third-order valence-corrected chi connectivity index (χ3v) is 6.50. The Hall–Kier alpha value is -1.90. The maximum atomic E-state index is 11.7. The van der Waals surface area contributed by atoms with Crippen LogP contribution in [0.5, 0.6) is 5.75 Å². The van der Waals surface area contributed by atoms with Crippen LogP contribution in [0.15, 0.2) is 46.2 Å². The fourth-order valence-electron chi connectivity index (χ4n) is 3.15. The Morgan fingerprint density at radius 2 is 1.85 bits per heavy atom. The molecule has 140 valence electrons. The molecule has 3 rings (SSSR count). The predicted octanol–water partition coefficient (Wildman–Crippen LogP) is 2.58. The largest absolute Gasteiger partial charge is 0.490 e. The van der Waals surface area contributed by atoms with Crippen molar-refractivity contribution in [3.05, 3.63) is 53.1 Å². The minimum atomic E-state index is -4.32. The van der Waals surface area contributed by atoms with Gasteiger partial charge in [0, 0.05) is 12.7 Å². The zero-order valence-corrected chi connectivity index (χ0v) is 16.1. The van der Waals surface area contributed by atoms with E-state index in [1.807, 2.05) is 6.92 Å². The first kappa shape index (κ1) is 18.9. The second kappa shape index (κ2) is 6.68. The van der Waals surface area contributed by atoms with E-state index in [0.717, 1.165) is 17.4 Å². The van der Waals surface area contributed by atoms with Gasteiger partial charge in [-0.2, -0.15) is 8.42 Å². The van der Waals surface area contributed by atoms with E-state index in [1.165, 1.54) is 12.1 Å². The summed E-state index contributed by atoms with van der Waals surface area (Å²) in [4.78, 5) is 0.0634. The SMILES string of the molecule is Cc1ccc(S(=O)(=O)O)c(CC2CCc3ccc(S(C)(=O)=O)cc3O2)c1. The number of fused-ring (bicyclic) bond motifs is 1. The molecule has 26 heavy (non-hydrogen) atoms. The highest BCUT2D eigenvalue weighted by Crippen LogP contribution is 2.32. The summed E-state index contributed by atoms with van der Waals surface area (Å²) < 4.78 is 62.1. The molecule has 0 aromatic heterocycles. The van der Waals surface area contributed by atoms with Crippen LogP contribution in [0.3, 0.4) is 0 Å². The summed E-state index contributed by atoms with van der Waals surface area (Å²) in [6.07, 6.45) is 2.51. The van der Waals surface area contributed by atoms with Crippen molar-refractivity contribution in [1.82, 2.24) is 0 Å². The minimum Gasteiger partial charge on any atom is -0.490 e. The van der Waals surface area contributed by atoms with E-state index in [9.17, 15) is 21.4 Å². The molecule has 0 saturated heterocycles. The Morgan fingerprint density at radius 1 is 1.12 bits per heavy atom. The Morgan fingerprint density at radius 3 is 2.50 bits per heavy atom. The lowest BCUT2D eigenvalue weighted by molar-refractivity contribution is 0.172. The van der Waals surface area contributed by atoms with Crippen LogP contribution in [0, 0.1) is 6.92 Å². The summed E-state index contributed by atoms with van der Waals surface area (Å²) in [5, 5.41) is 0. The summed E-state index contributed by atoms with van der Waals surface area (Å²) >= 11 is 0. The van der Waals surface area contributed by atoms with Gasteiger partial charge in [0.25, 0.3) is 10.1 Å². The van der Waals surface area contributed by atoms with Crippen molar-refractivity contribution >= 4 is 20.0 Å². The highest BCUT2D eigenvalue weighted by molar-refractivity contribution is 7.90. The molecular weight excluding hydrogens is 376 g/mol. The topological polar surface area (TPSA) is 97.7 Å². The quantitative estimate of drug-likeness (QED) is 0.798. The van der Waals surface area contributed by atoms with Crippen molar-refractivity contribution in [1.29, 1.82) is 0 Å². The second-order valence-corrected chi connectivity index (χ2v) is 10.0. The molecule has 0 aliphatic carbocycles. The van der Waals surface area contributed by atoms with Gasteiger partial charge in [0.1, 0.15) is 11.9 Å². The molecule has 0 bridgehead atoms. The fourth-order valence-corrected chi connectivity index (χ4v) is 4.50. The molecule has 0 spiro atoms. The summed E-state index contributed by atoms with van der Waals surface area (Å²) in [6, 6.07) is 9.55. The molecule has 1 aliphatic heterocycles. The van der Waals surface area contributed by atoms with Gasteiger partial charge in [-0.15, -0.1) is 0 Å². The molecule has 1 heterocycles. The number of benzene rings is 2. The summed E-state index contributed by atoms with van der Waals surface area (Å²) in [5.41, 5.74) is 2.29. The molecule has 1 N–H and O–H groups in total. The van der Waals surface area contributed by atoms with E-state index in [-0.39, 0.29) is 15.9 Å². The average molecular weight is 396 g/mol. The molecule has 1 unspecified atom stereocenters. The fraction of sp³-hybridized carbons (Fsp3) is 0.333. The first-order valence-corrected chi connectivity index (χ1v) is 11.4. The third kappa shape index (κ3) is 4.08. The Kier molecular flexibility index (Phi) is 4.85. The smallest absolute Gasteiger partial charge is 0.294 e. The molecule has 1 atom stereocenters. The summed E-state index contributed by atoms with van der Waals surface area (Å²) in [5.74, 6) is 0.505. The molecule has 0 amide bonds. The number of rotatable bonds is 4. The Bertz CT molecular complexity index is 1060. The van der Waals surface area contributed by atoms with Gasteiger partial charge in [-0.05, 0) is 49.1 Å². The number of sulfone groups is 1. The minimum absolute atomic E-state index is 0.123. The lowest BCUT2D eigenvalue weighted by Crippen LogP contribution is -2.26. The normalized spacial score (nSPS) is 17.4. The van der Waals surface area contributed by atoms with Gasteiger partial charge in [-0.25, -0.2) is 8.42 Å². The number of aryl methyl sites for hydroxylation is 2. The Balaban J connectivity index is 1.90. The van der Waals surface area contributed by atoms with Gasteiger partial charge in [-0.1, -0.05) is 23.8 Å². The van der Waals surface area contributed by atoms with Crippen molar-refractivity contribution < 1.29 is 26.1 Å². The van der Waals surface area contributed by atoms with Crippen molar-refractivity contribution in [2.45, 2.75) is 42.1 Å². The molecular formula is C18H20O6S2. The molecule has 0 saturated carbocycles. The van der Waals surface area contributed by atoms with Crippen molar-refractivity contribution in [2.24, 2.45) is 0 Å². The van der Waals surface area contributed by atoms with Crippen LogP contribution in [0.4, 0.5) is 0 Å². The Labute approximate surface area is 153 Å². The molecule has 0 fully saturated rings. The van der Waals surface area contributed by atoms with E-state index in [4.69, 9.17) is 4.74 Å². The molecule has 6 nitrogen and oxygen atoms in total. The van der Waals surface area contributed by atoms with E-state index in [2.05, 4.69) is 0 Å². The number of hydrogen-bond donors (Lipinski definition) is 1. The zero-order chi connectivity index (χ0) is 19.1. The van der Waals surface area contributed by atoms with Crippen molar-refractivity contribution in [3.63, 3.8) is 0 Å². The van der Waals surface area contributed by atoms with Crippen LogP contribution in [0.2, 0.25) is 0 Å². The molecule has 8 heteroatoms. The van der Waals surface area contributed by atoms with Crippen LogP contribution < -0.4 is 4.74 Å². The van der Waals surface area contributed by atoms with Crippen LogP contribution in [-0.2, 0) is 32.8 Å². The number of ether oxygens (including phenoxy) is 1. The summed E-state index contributed by atoms with van der Waals surface area (Å²) in [7, 11) is -7.66. The molecule has 2 aromatic rings. The van der Waals surface area contributed by atoms with Crippen LogP contribution in [-0.4, -0.2) is 33.7 Å². The van der Waals surface area contributed by atoms with Gasteiger partial charge >= 0.3 is 0 Å². The van der Waals surface area contributed by atoms with E-state index in [1.54, 1.807) is 24.3 Å². The van der Waals surface area contributed by atoms with Gasteiger partial charge in [0.05, 0.1) is 9.79 Å².